The Hall–Kier alpha value is -3.73. The molecule has 1 aromatic carbocycles. The van der Waals surface area contributed by atoms with Gasteiger partial charge in [-0.25, -0.2) is 19.1 Å². The number of piperidine rings is 1. The maximum atomic E-state index is 14.5. The smallest absolute Gasteiger partial charge is 0.281 e. The van der Waals surface area contributed by atoms with Crippen LogP contribution >= 0.6 is 0 Å². The van der Waals surface area contributed by atoms with Crippen molar-refractivity contribution in [1.29, 1.82) is 0 Å². The highest BCUT2D eigenvalue weighted by Crippen LogP contribution is 2.31. The molecule has 1 fully saturated rings. The second-order valence-corrected chi connectivity index (χ2v) is 11.8. The van der Waals surface area contributed by atoms with E-state index in [0.29, 0.717) is 48.4 Å². The molecule has 0 radical (unpaired) electrons. The Kier molecular flexibility index (Phi) is 8.69. The molecule has 1 saturated heterocycles. The number of anilines is 2. The first-order chi connectivity index (χ1) is 18.6. The average Bonchev–Trinajstić information content (AvgIpc) is 2.91. The van der Waals surface area contributed by atoms with Crippen LogP contribution in [0.25, 0.3) is 11.3 Å². The highest BCUT2D eigenvalue weighted by Gasteiger charge is 2.27. The number of halogens is 1. The number of carbonyl (C=O) groups is 1. The zero-order valence-electron chi connectivity index (χ0n) is 22.4. The minimum atomic E-state index is -4.28. The van der Waals surface area contributed by atoms with Gasteiger partial charge in [-0.3, -0.25) is 4.79 Å². The summed E-state index contributed by atoms with van der Waals surface area (Å²) in [4.78, 5) is 23.9. The maximum Gasteiger partial charge on any atom is 0.281 e. The number of rotatable bonds is 9. The molecule has 4 rings (SSSR count). The fourth-order valence-electron chi connectivity index (χ4n) is 4.45. The lowest BCUT2D eigenvalue weighted by atomic mass is 9.94. The molecule has 0 saturated carbocycles. The third-order valence-electron chi connectivity index (χ3n) is 6.61. The maximum absolute atomic E-state index is 14.5. The van der Waals surface area contributed by atoms with E-state index in [-0.39, 0.29) is 22.3 Å². The fourth-order valence-corrected chi connectivity index (χ4v) is 5.39. The summed E-state index contributed by atoms with van der Waals surface area (Å²) in [6.45, 7) is 7.90. The summed E-state index contributed by atoms with van der Waals surface area (Å²) >= 11 is 0. The van der Waals surface area contributed by atoms with E-state index in [2.05, 4.69) is 16.6 Å². The molecule has 11 heteroatoms. The number of nitrogens with one attached hydrogen (secondary N) is 1. The molecular formula is C28H34FN5O4S. The van der Waals surface area contributed by atoms with Crippen LogP contribution in [0, 0.1) is 17.7 Å². The number of ether oxygens (including phenoxy) is 1. The van der Waals surface area contributed by atoms with Gasteiger partial charge in [0.05, 0.1) is 17.9 Å². The van der Waals surface area contributed by atoms with E-state index in [4.69, 9.17) is 15.5 Å². The average molecular weight is 556 g/mol. The van der Waals surface area contributed by atoms with Gasteiger partial charge < -0.3 is 15.4 Å². The number of amides is 1. The van der Waals surface area contributed by atoms with Crippen LogP contribution < -0.4 is 20.1 Å². The normalized spacial score (nSPS) is 14.4. The number of pyridine rings is 2. The van der Waals surface area contributed by atoms with Crippen molar-refractivity contribution in [3.63, 3.8) is 0 Å². The molecule has 1 amide bonds. The molecule has 3 heterocycles. The van der Waals surface area contributed by atoms with Crippen molar-refractivity contribution in [2.45, 2.75) is 45.1 Å². The van der Waals surface area contributed by atoms with Gasteiger partial charge in [-0.15, -0.1) is 0 Å². The Morgan fingerprint density at radius 1 is 1.15 bits per heavy atom. The predicted molar refractivity (Wildman–Crippen MR) is 148 cm³/mol. The lowest BCUT2D eigenvalue weighted by Crippen LogP contribution is -2.37. The lowest BCUT2D eigenvalue weighted by Gasteiger charge is -2.33. The number of hydrogen-bond donors (Lipinski definition) is 2. The SMILES string of the molecule is CCC1CCN(c2nc(-c3cc(F)cc(OCC(C)C)c3)ccc2C(=O)NS(=O)(=O)c2cccc(N)n2)CC1. The molecule has 0 unspecified atom stereocenters. The van der Waals surface area contributed by atoms with Crippen molar-refractivity contribution in [3.05, 3.63) is 59.9 Å². The van der Waals surface area contributed by atoms with Crippen molar-refractivity contribution in [2.24, 2.45) is 11.8 Å². The van der Waals surface area contributed by atoms with Gasteiger partial charge in [-0.05, 0) is 61.1 Å². The van der Waals surface area contributed by atoms with E-state index in [1.165, 1.54) is 36.4 Å². The number of carbonyl (C=O) groups excluding carboxylic acids is 1. The van der Waals surface area contributed by atoms with Crippen molar-refractivity contribution in [1.82, 2.24) is 14.7 Å². The summed E-state index contributed by atoms with van der Waals surface area (Å²) in [5.74, 6) is 0.261. The minimum absolute atomic E-state index is 0.0164. The predicted octanol–water partition coefficient (Wildman–Crippen LogP) is 4.64. The second kappa shape index (κ2) is 12.0. The van der Waals surface area contributed by atoms with Gasteiger partial charge in [0.25, 0.3) is 15.9 Å². The van der Waals surface area contributed by atoms with E-state index >= 15 is 0 Å². The Morgan fingerprint density at radius 3 is 2.56 bits per heavy atom. The fraction of sp³-hybridized carbons (Fsp3) is 0.393. The standard InChI is InChI=1S/C28H34FN5O4S/c1-4-19-10-12-34(13-11-19)27-23(28(35)33-39(36,37)26-7-5-6-25(30)32-26)8-9-24(31-27)20-14-21(29)16-22(15-20)38-17-18(2)3/h5-9,14-16,18-19H,4,10-13,17H2,1-3H3,(H2,30,32)(H,33,35). The number of benzene rings is 1. The number of nitrogens with zero attached hydrogens (tertiary/aromatic N) is 3. The van der Waals surface area contributed by atoms with Crippen LogP contribution in [0.1, 0.15) is 50.4 Å². The zero-order valence-corrected chi connectivity index (χ0v) is 23.2. The zero-order chi connectivity index (χ0) is 28.2. The molecule has 0 aliphatic carbocycles. The van der Waals surface area contributed by atoms with Gasteiger partial charge in [0.2, 0.25) is 0 Å². The second-order valence-electron chi connectivity index (χ2n) is 10.1. The van der Waals surface area contributed by atoms with Gasteiger partial charge in [0.1, 0.15) is 23.2 Å². The van der Waals surface area contributed by atoms with E-state index in [9.17, 15) is 17.6 Å². The highest BCUT2D eigenvalue weighted by atomic mass is 32.2. The van der Waals surface area contributed by atoms with Crippen molar-refractivity contribution in [3.8, 4) is 17.0 Å². The van der Waals surface area contributed by atoms with Gasteiger partial charge in [-0.2, -0.15) is 8.42 Å². The molecule has 2 aromatic heterocycles. The van der Waals surface area contributed by atoms with Crippen LogP contribution in [0.3, 0.4) is 0 Å². The van der Waals surface area contributed by atoms with Crippen LogP contribution in [0.15, 0.2) is 53.6 Å². The van der Waals surface area contributed by atoms with Gasteiger partial charge >= 0.3 is 0 Å². The van der Waals surface area contributed by atoms with E-state index in [1.54, 1.807) is 12.1 Å². The van der Waals surface area contributed by atoms with Crippen LogP contribution in [0.2, 0.25) is 0 Å². The Labute approximate surface area is 228 Å². The van der Waals surface area contributed by atoms with Crippen molar-refractivity contribution >= 4 is 27.6 Å². The quantitative estimate of drug-likeness (QED) is 0.391. The van der Waals surface area contributed by atoms with Crippen LogP contribution in [-0.4, -0.2) is 44.0 Å². The van der Waals surface area contributed by atoms with Crippen molar-refractivity contribution < 1.29 is 22.3 Å². The number of hydrogen-bond acceptors (Lipinski definition) is 8. The number of aromatic nitrogens is 2. The number of nitrogens with two attached hydrogens (primary N) is 1. The molecule has 9 nitrogen and oxygen atoms in total. The Bertz CT molecular complexity index is 1440. The first-order valence-electron chi connectivity index (χ1n) is 13.0. The number of nitrogen functional groups attached to an aromatic ring is 1. The van der Waals surface area contributed by atoms with Crippen LogP contribution in [-0.2, 0) is 10.0 Å². The van der Waals surface area contributed by atoms with E-state index in [1.807, 2.05) is 18.7 Å². The molecular weight excluding hydrogens is 521 g/mol. The summed E-state index contributed by atoms with van der Waals surface area (Å²) < 4.78 is 48.0. The number of sulfonamides is 1. The Morgan fingerprint density at radius 2 is 1.90 bits per heavy atom. The first-order valence-corrected chi connectivity index (χ1v) is 14.5. The summed E-state index contributed by atoms with van der Waals surface area (Å²) in [5, 5.41) is -0.362. The largest absolute Gasteiger partial charge is 0.493 e. The summed E-state index contributed by atoms with van der Waals surface area (Å²) in [6.07, 6.45) is 2.90. The monoisotopic (exact) mass is 555 g/mol. The van der Waals surface area contributed by atoms with E-state index < -0.39 is 21.7 Å². The lowest BCUT2D eigenvalue weighted by molar-refractivity contribution is 0.0981. The molecule has 3 N–H and O–H groups in total. The summed E-state index contributed by atoms with van der Waals surface area (Å²) in [5.41, 5.74) is 6.65. The van der Waals surface area contributed by atoms with Gasteiger partial charge in [0.15, 0.2) is 5.03 Å². The van der Waals surface area contributed by atoms with Crippen LogP contribution in [0.5, 0.6) is 5.75 Å². The molecule has 0 bridgehead atoms. The molecule has 0 spiro atoms. The molecule has 1 aliphatic rings. The van der Waals surface area contributed by atoms with Crippen LogP contribution in [0.4, 0.5) is 16.0 Å². The third-order valence-corrected chi connectivity index (χ3v) is 7.84. The summed E-state index contributed by atoms with van der Waals surface area (Å²) in [7, 11) is -4.28. The Balaban J connectivity index is 1.70. The van der Waals surface area contributed by atoms with Crippen molar-refractivity contribution in [2.75, 3.05) is 30.3 Å². The molecule has 0 atom stereocenters. The topological polar surface area (TPSA) is 128 Å². The molecule has 39 heavy (non-hydrogen) atoms. The molecule has 1 aliphatic heterocycles. The van der Waals surface area contributed by atoms with E-state index in [0.717, 1.165) is 19.3 Å². The summed E-state index contributed by atoms with van der Waals surface area (Å²) in [6, 6.07) is 11.6. The van der Waals surface area contributed by atoms with Gasteiger partial charge in [0, 0.05) is 24.7 Å². The highest BCUT2D eigenvalue weighted by molar-refractivity contribution is 7.90. The van der Waals surface area contributed by atoms with Gasteiger partial charge in [-0.1, -0.05) is 33.3 Å². The molecule has 3 aromatic rings. The molecule has 208 valence electrons. The minimum Gasteiger partial charge on any atom is -0.493 e. The first kappa shape index (κ1) is 28.3. The third kappa shape index (κ3) is 7.03.